The maximum Gasteiger partial charge on any atom is 0.326 e. The zero-order valence-corrected chi connectivity index (χ0v) is 17.0. The molecule has 0 saturated carbocycles. The molecule has 0 fully saturated rings. The van der Waals surface area contributed by atoms with Gasteiger partial charge >= 0.3 is 6.03 Å². The van der Waals surface area contributed by atoms with Crippen molar-refractivity contribution < 1.29 is 18.8 Å². The number of para-hydroxylation sites is 2. The predicted molar refractivity (Wildman–Crippen MR) is 117 cm³/mol. The molecule has 2 N–H and O–H groups in total. The lowest BCUT2D eigenvalue weighted by Gasteiger charge is -2.35. The molecule has 4 rings (SSSR count). The molecular weight excluding hydrogens is 396 g/mol. The van der Waals surface area contributed by atoms with Gasteiger partial charge in [-0.2, -0.15) is 0 Å². The maximum atomic E-state index is 12.9. The fraction of sp³-hybridized carbons (Fsp3) is 0.174. The van der Waals surface area contributed by atoms with Crippen LogP contribution in [0.15, 0.2) is 71.3 Å². The third kappa shape index (κ3) is 4.58. The van der Waals surface area contributed by atoms with E-state index >= 15 is 0 Å². The van der Waals surface area contributed by atoms with E-state index in [1.54, 1.807) is 48.5 Å². The molecule has 1 aliphatic rings. The molecule has 0 bridgehead atoms. The topological polar surface area (TPSA) is 94.9 Å². The third-order valence-electron chi connectivity index (χ3n) is 4.95. The van der Waals surface area contributed by atoms with E-state index in [-0.39, 0.29) is 31.4 Å². The summed E-state index contributed by atoms with van der Waals surface area (Å²) >= 11 is 0. The van der Waals surface area contributed by atoms with Crippen molar-refractivity contribution in [3.8, 4) is 0 Å². The average Bonchev–Trinajstić information content (AvgIpc) is 3.29. The lowest BCUT2D eigenvalue weighted by Crippen LogP contribution is -2.51. The van der Waals surface area contributed by atoms with Crippen molar-refractivity contribution >= 4 is 34.9 Å². The molecule has 8 nitrogen and oxygen atoms in total. The molecule has 2 heterocycles. The quantitative estimate of drug-likeness (QED) is 0.665. The Labute approximate surface area is 179 Å². The Hall–Kier alpha value is -4.07. The molecule has 0 saturated heterocycles. The molecule has 31 heavy (non-hydrogen) atoms. The smallest absolute Gasteiger partial charge is 0.326 e. The van der Waals surface area contributed by atoms with Gasteiger partial charge in [-0.25, -0.2) is 4.79 Å². The molecule has 0 atom stereocenters. The van der Waals surface area contributed by atoms with Crippen molar-refractivity contribution in [1.29, 1.82) is 0 Å². The van der Waals surface area contributed by atoms with Gasteiger partial charge in [0.2, 0.25) is 11.8 Å². The molecule has 0 radical (unpaired) electrons. The van der Waals surface area contributed by atoms with Gasteiger partial charge in [0, 0.05) is 5.69 Å². The highest BCUT2D eigenvalue weighted by Crippen LogP contribution is 2.33. The molecule has 2 aromatic carbocycles. The summed E-state index contributed by atoms with van der Waals surface area (Å²) in [6.07, 6.45) is 1.53. The number of hydrogen-bond acceptors (Lipinski definition) is 4. The molecule has 0 spiro atoms. The van der Waals surface area contributed by atoms with Crippen molar-refractivity contribution in [2.24, 2.45) is 0 Å². The summed E-state index contributed by atoms with van der Waals surface area (Å²) in [5.41, 5.74) is 2.79. The first-order chi connectivity index (χ1) is 15.0. The molecule has 0 aliphatic carbocycles. The van der Waals surface area contributed by atoms with Crippen molar-refractivity contribution in [1.82, 2.24) is 5.32 Å². The Bertz CT molecular complexity index is 1090. The lowest BCUT2D eigenvalue weighted by molar-refractivity contribution is -0.123. The SMILES string of the molecule is Cc1ccc(NC(=O)N2CC(=O)N(CC(=O)NCc3ccco3)c3ccccc32)cc1. The third-order valence-corrected chi connectivity index (χ3v) is 4.95. The van der Waals surface area contributed by atoms with Gasteiger partial charge in [-0.05, 0) is 43.3 Å². The number of nitrogens with zero attached hydrogens (tertiary/aromatic N) is 2. The Balaban J connectivity index is 1.49. The second-order valence-electron chi connectivity index (χ2n) is 7.21. The van der Waals surface area contributed by atoms with Gasteiger partial charge < -0.3 is 15.1 Å². The monoisotopic (exact) mass is 418 g/mol. The molecule has 4 amide bonds. The number of carbonyl (C=O) groups is 3. The number of hydrogen-bond donors (Lipinski definition) is 2. The van der Waals surface area contributed by atoms with Gasteiger partial charge in [-0.3, -0.25) is 19.4 Å². The molecular formula is C23H22N4O4. The van der Waals surface area contributed by atoms with Crippen LogP contribution < -0.4 is 20.4 Å². The molecule has 158 valence electrons. The summed E-state index contributed by atoms with van der Waals surface area (Å²) in [6.45, 7) is 1.88. The second-order valence-corrected chi connectivity index (χ2v) is 7.21. The van der Waals surface area contributed by atoms with Crippen LogP contribution in [0.2, 0.25) is 0 Å². The molecule has 1 aromatic heterocycles. The summed E-state index contributed by atoms with van der Waals surface area (Å²) in [5, 5.41) is 5.55. The number of anilines is 3. The van der Waals surface area contributed by atoms with Crippen LogP contribution in [-0.2, 0) is 16.1 Å². The van der Waals surface area contributed by atoms with E-state index in [1.165, 1.54) is 16.1 Å². The fourth-order valence-electron chi connectivity index (χ4n) is 3.34. The van der Waals surface area contributed by atoms with E-state index in [0.29, 0.717) is 22.8 Å². The zero-order valence-electron chi connectivity index (χ0n) is 17.0. The summed E-state index contributed by atoms with van der Waals surface area (Å²) in [6, 6.07) is 17.5. The van der Waals surface area contributed by atoms with Crippen LogP contribution in [0.1, 0.15) is 11.3 Å². The summed E-state index contributed by atoms with van der Waals surface area (Å²) in [4.78, 5) is 40.9. The maximum absolute atomic E-state index is 12.9. The van der Waals surface area contributed by atoms with Gasteiger partial charge in [0.05, 0.1) is 24.2 Å². The molecule has 1 aliphatic heterocycles. The van der Waals surface area contributed by atoms with E-state index in [2.05, 4.69) is 10.6 Å². The van der Waals surface area contributed by atoms with Gasteiger partial charge in [-0.1, -0.05) is 29.8 Å². The Morgan fingerprint density at radius 1 is 1.00 bits per heavy atom. The highest BCUT2D eigenvalue weighted by molar-refractivity contribution is 6.14. The highest BCUT2D eigenvalue weighted by Gasteiger charge is 2.33. The van der Waals surface area contributed by atoms with Crippen LogP contribution in [0.25, 0.3) is 0 Å². The van der Waals surface area contributed by atoms with Crippen molar-refractivity contribution in [3.63, 3.8) is 0 Å². The summed E-state index contributed by atoms with van der Waals surface area (Å²) in [7, 11) is 0. The van der Waals surface area contributed by atoms with Crippen LogP contribution >= 0.6 is 0 Å². The van der Waals surface area contributed by atoms with Crippen molar-refractivity contribution in [2.75, 3.05) is 28.2 Å². The van der Waals surface area contributed by atoms with Gasteiger partial charge in [0.15, 0.2) is 0 Å². The van der Waals surface area contributed by atoms with Crippen LogP contribution in [-0.4, -0.2) is 30.9 Å². The fourth-order valence-corrected chi connectivity index (χ4v) is 3.34. The number of furan rings is 1. The molecule has 8 heteroatoms. The van der Waals surface area contributed by atoms with Crippen molar-refractivity contribution in [2.45, 2.75) is 13.5 Å². The summed E-state index contributed by atoms with van der Waals surface area (Å²) < 4.78 is 5.20. The largest absolute Gasteiger partial charge is 0.467 e. The Morgan fingerprint density at radius 2 is 1.74 bits per heavy atom. The number of nitrogens with one attached hydrogen (secondary N) is 2. The van der Waals surface area contributed by atoms with Gasteiger partial charge in [-0.15, -0.1) is 0 Å². The summed E-state index contributed by atoms with van der Waals surface area (Å²) in [5.74, 6) is -0.0410. The van der Waals surface area contributed by atoms with E-state index < -0.39 is 6.03 Å². The number of amides is 4. The van der Waals surface area contributed by atoms with Gasteiger partial charge in [0.25, 0.3) is 0 Å². The number of aryl methyl sites for hydroxylation is 1. The zero-order chi connectivity index (χ0) is 21.8. The normalized spacial score (nSPS) is 13.0. The minimum absolute atomic E-state index is 0.149. The van der Waals surface area contributed by atoms with Crippen LogP contribution in [0, 0.1) is 6.92 Å². The van der Waals surface area contributed by atoms with E-state index in [0.717, 1.165) is 5.56 Å². The van der Waals surface area contributed by atoms with Crippen LogP contribution in [0.3, 0.4) is 0 Å². The lowest BCUT2D eigenvalue weighted by atomic mass is 10.1. The second kappa shape index (κ2) is 8.74. The van der Waals surface area contributed by atoms with Crippen LogP contribution in [0.4, 0.5) is 21.9 Å². The minimum atomic E-state index is -0.411. The number of carbonyl (C=O) groups excluding carboxylic acids is 3. The highest BCUT2D eigenvalue weighted by atomic mass is 16.3. The van der Waals surface area contributed by atoms with E-state index in [1.807, 2.05) is 19.1 Å². The first-order valence-electron chi connectivity index (χ1n) is 9.85. The predicted octanol–water partition coefficient (Wildman–Crippen LogP) is 3.29. The van der Waals surface area contributed by atoms with Gasteiger partial charge in [0.1, 0.15) is 18.8 Å². The number of fused-ring (bicyclic) bond motifs is 1. The first-order valence-corrected chi connectivity index (χ1v) is 9.85. The van der Waals surface area contributed by atoms with E-state index in [9.17, 15) is 14.4 Å². The minimum Gasteiger partial charge on any atom is -0.467 e. The van der Waals surface area contributed by atoms with Crippen molar-refractivity contribution in [3.05, 3.63) is 78.3 Å². The number of rotatable bonds is 5. The molecule has 3 aromatic rings. The number of urea groups is 1. The molecule has 0 unspecified atom stereocenters. The Morgan fingerprint density at radius 3 is 2.45 bits per heavy atom. The Kier molecular flexibility index (Phi) is 5.70. The average molecular weight is 418 g/mol. The number of benzene rings is 2. The van der Waals surface area contributed by atoms with Crippen LogP contribution in [0.5, 0.6) is 0 Å². The van der Waals surface area contributed by atoms with E-state index in [4.69, 9.17) is 4.42 Å². The standard InChI is InChI=1S/C23H22N4O4/c1-16-8-10-17(11-9-16)25-23(30)27-15-22(29)26(19-6-2-3-7-20(19)27)14-21(28)24-13-18-5-4-12-31-18/h2-12H,13-15H2,1H3,(H,24,28)(H,25,30). The first kappa shape index (κ1) is 20.2.